The number of rotatable bonds is 5. The van der Waals surface area contributed by atoms with Crippen LogP contribution in [0.2, 0.25) is 0 Å². The monoisotopic (exact) mass is 281 g/mol. The number of para-hydroxylation sites is 1. The minimum atomic E-state index is -1.24. The summed E-state index contributed by atoms with van der Waals surface area (Å²) in [4.78, 5) is 21.5. The van der Waals surface area contributed by atoms with Crippen molar-refractivity contribution in [2.45, 2.75) is 12.8 Å². The average molecular weight is 281 g/mol. The molecule has 0 unspecified atom stereocenters. The molecule has 0 bridgehead atoms. The third-order valence-electron chi connectivity index (χ3n) is 3.23. The van der Waals surface area contributed by atoms with Crippen LogP contribution in [0.3, 0.4) is 0 Å². The molecule has 0 spiro atoms. The van der Waals surface area contributed by atoms with Crippen molar-refractivity contribution in [3.05, 3.63) is 33.9 Å². The predicted molar refractivity (Wildman–Crippen MR) is 69.1 cm³/mol. The van der Waals surface area contributed by atoms with E-state index >= 15 is 0 Å². The molecule has 7 heteroatoms. The summed E-state index contributed by atoms with van der Waals surface area (Å²) in [7, 11) is 0. The number of benzene rings is 1. The molecule has 1 heterocycles. The van der Waals surface area contributed by atoms with Gasteiger partial charge in [0.25, 0.3) is 0 Å². The van der Waals surface area contributed by atoms with E-state index in [-0.39, 0.29) is 29.5 Å². The van der Waals surface area contributed by atoms with E-state index in [1.807, 2.05) is 0 Å². The number of carboxylic acid groups (broad SMARTS) is 1. The molecule has 1 aromatic rings. The van der Waals surface area contributed by atoms with Crippen molar-refractivity contribution in [3.63, 3.8) is 0 Å². The first-order valence-corrected chi connectivity index (χ1v) is 6.31. The van der Waals surface area contributed by atoms with Crippen molar-refractivity contribution in [2.75, 3.05) is 19.8 Å². The Kier molecular flexibility index (Phi) is 4.52. The lowest BCUT2D eigenvalue weighted by molar-refractivity contribution is -0.386. The Morgan fingerprint density at radius 2 is 2.15 bits per heavy atom. The Morgan fingerprint density at radius 3 is 2.75 bits per heavy atom. The quantitative estimate of drug-likeness (QED) is 0.655. The summed E-state index contributed by atoms with van der Waals surface area (Å²) in [6, 6.07) is 3.88. The highest BCUT2D eigenvalue weighted by Crippen LogP contribution is 2.32. The predicted octanol–water partition coefficient (Wildman–Crippen LogP) is 2.10. The van der Waals surface area contributed by atoms with Crippen LogP contribution in [-0.2, 0) is 4.74 Å². The van der Waals surface area contributed by atoms with Crippen LogP contribution in [0.25, 0.3) is 0 Å². The summed E-state index contributed by atoms with van der Waals surface area (Å²) in [6.45, 7) is 1.53. The van der Waals surface area contributed by atoms with Gasteiger partial charge in [-0.05, 0) is 24.8 Å². The van der Waals surface area contributed by atoms with Crippen molar-refractivity contribution in [3.8, 4) is 5.75 Å². The fourth-order valence-electron chi connectivity index (χ4n) is 2.10. The Labute approximate surface area is 115 Å². The zero-order valence-corrected chi connectivity index (χ0v) is 10.8. The van der Waals surface area contributed by atoms with E-state index in [0.29, 0.717) is 13.2 Å². The molecule has 7 nitrogen and oxygen atoms in total. The number of hydrogen-bond donors (Lipinski definition) is 1. The fraction of sp³-hybridized carbons (Fsp3) is 0.462. The topological polar surface area (TPSA) is 98.9 Å². The number of nitrogens with zero attached hydrogens (tertiary/aromatic N) is 1. The summed E-state index contributed by atoms with van der Waals surface area (Å²) in [5.41, 5.74) is -0.511. The first-order valence-electron chi connectivity index (χ1n) is 6.31. The molecule has 1 N–H and O–H groups in total. The Hall–Kier alpha value is -2.15. The maximum atomic E-state index is 11.1. The molecule has 1 aromatic carbocycles. The molecule has 20 heavy (non-hydrogen) atoms. The third-order valence-corrected chi connectivity index (χ3v) is 3.23. The molecular formula is C13H15NO6. The van der Waals surface area contributed by atoms with Crippen LogP contribution >= 0.6 is 0 Å². The van der Waals surface area contributed by atoms with Crippen molar-refractivity contribution in [1.82, 2.24) is 0 Å². The molecule has 0 radical (unpaired) electrons. The van der Waals surface area contributed by atoms with Gasteiger partial charge >= 0.3 is 11.7 Å². The Morgan fingerprint density at radius 1 is 1.45 bits per heavy atom. The number of ether oxygens (including phenoxy) is 2. The first kappa shape index (κ1) is 14.3. The van der Waals surface area contributed by atoms with Gasteiger partial charge in [0.2, 0.25) is 5.75 Å². The molecule has 108 valence electrons. The summed E-state index contributed by atoms with van der Waals surface area (Å²) in [5.74, 6) is -1.18. The molecule has 0 atom stereocenters. The molecule has 2 rings (SSSR count). The molecule has 1 saturated heterocycles. The van der Waals surface area contributed by atoms with Crippen molar-refractivity contribution < 1.29 is 24.3 Å². The number of nitro benzene ring substituents is 1. The molecule has 1 aliphatic rings. The molecule has 0 saturated carbocycles. The van der Waals surface area contributed by atoms with Crippen molar-refractivity contribution in [1.29, 1.82) is 0 Å². The molecule has 0 amide bonds. The van der Waals surface area contributed by atoms with E-state index in [2.05, 4.69) is 0 Å². The molecule has 1 aliphatic heterocycles. The number of nitro groups is 1. The number of carbonyl (C=O) groups is 1. The average Bonchev–Trinajstić information content (AvgIpc) is 2.45. The van der Waals surface area contributed by atoms with Crippen LogP contribution in [0.1, 0.15) is 23.2 Å². The largest absolute Gasteiger partial charge is 0.486 e. The second kappa shape index (κ2) is 6.33. The van der Waals surface area contributed by atoms with Gasteiger partial charge in [0.15, 0.2) is 0 Å². The highest BCUT2D eigenvalue weighted by Gasteiger charge is 2.24. The van der Waals surface area contributed by atoms with Gasteiger partial charge in [-0.15, -0.1) is 0 Å². The SMILES string of the molecule is O=C(O)c1cccc([N+](=O)[O-])c1OCC1CCOCC1. The maximum Gasteiger partial charge on any atom is 0.339 e. The lowest BCUT2D eigenvalue weighted by atomic mass is 10.0. The third kappa shape index (κ3) is 3.24. The van der Waals surface area contributed by atoms with E-state index in [0.717, 1.165) is 12.8 Å². The van der Waals surface area contributed by atoms with Gasteiger partial charge in [0.1, 0.15) is 5.56 Å². The second-order valence-electron chi connectivity index (χ2n) is 4.58. The van der Waals surface area contributed by atoms with Crippen LogP contribution in [0, 0.1) is 16.0 Å². The molecule has 1 fully saturated rings. The number of hydrogen-bond acceptors (Lipinski definition) is 5. The number of carboxylic acids is 1. The van der Waals surface area contributed by atoms with E-state index in [1.165, 1.54) is 18.2 Å². The van der Waals surface area contributed by atoms with Gasteiger partial charge in [-0.25, -0.2) is 4.79 Å². The van der Waals surface area contributed by atoms with Gasteiger partial charge in [-0.3, -0.25) is 10.1 Å². The zero-order chi connectivity index (χ0) is 14.5. The highest BCUT2D eigenvalue weighted by molar-refractivity contribution is 5.92. The van der Waals surface area contributed by atoms with Crippen LogP contribution in [0.5, 0.6) is 5.75 Å². The highest BCUT2D eigenvalue weighted by atomic mass is 16.6. The van der Waals surface area contributed by atoms with Crippen LogP contribution in [0.4, 0.5) is 5.69 Å². The van der Waals surface area contributed by atoms with Crippen LogP contribution in [-0.4, -0.2) is 35.8 Å². The molecule has 0 aliphatic carbocycles. The molecule has 0 aromatic heterocycles. The lowest BCUT2D eigenvalue weighted by Gasteiger charge is -2.22. The standard InChI is InChI=1S/C13H15NO6/c15-13(16)10-2-1-3-11(14(17)18)12(10)20-8-9-4-6-19-7-5-9/h1-3,9H,4-8H2,(H,15,16). The summed E-state index contributed by atoms with van der Waals surface area (Å²) in [6.07, 6.45) is 1.62. The van der Waals surface area contributed by atoms with Crippen molar-refractivity contribution >= 4 is 11.7 Å². The normalized spacial score (nSPS) is 15.8. The Bertz CT molecular complexity index is 477. The maximum absolute atomic E-state index is 11.1. The minimum Gasteiger partial charge on any atom is -0.486 e. The minimum absolute atomic E-state index is 0.170. The van der Waals surface area contributed by atoms with Gasteiger partial charge in [0.05, 0.1) is 11.5 Å². The van der Waals surface area contributed by atoms with Crippen LogP contribution < -0.4 is 4.74 Å². The van der Waals surface area contributed by atoms with Gasteiger partial charge < -0.3 is 14.6 Å². The van der Waals surface area contributed by atoms with E-state index in [9.17, 15) is 14.9 Å². The van der Waals surface area contributed by atoms with Gasteiger partial charge in [0, 0.05) is 19.3 Å². The van der Waals surface area contributed by atoms with E-state index in [4.69, 9.17) is 14.6 Å². The smallest absolute Gasteiger partial charge is 0.339 e. The van der Waals surface area contributed by atoms with E-state index in [1.54, 1.807) is 0 Å². The fourth-order valence-corrected chi connectivity index (χ4v) is 2.10. The van der Waals surface area contributed by atoms with Crippen LogP contribution in [0.15, 0.2) is 18.2 Å². The van der Waals surface area contributed by atoms with Crippen molar-refractivity contribution in [2.24, 2.45) is 5.92 Å². The second-order valence-corrected chi connectivity index (χ2v) is 4.58. The lowest BCUT2D eigenvalue weighted by Crippen LogP contribution is -2.22. The summed E-state index contributed by atoms with van der Waals surface area (Å²) < 4.78 is 10.7. The zero-order valence-electron chi connectivity index (χ0n) is 10.8. The van der Waals surface area contributed by atoms with E-state index < -0.39 is 10.9 Å². The first-order chi connectivity index (χ1) is 9.59. The summed E-state index contributed by atoms with van der Waals surface area (Å²) >= 11 is 0. The van der Waals surface area contributed by atoms with Gasteiger partial charge in [-0.2, -0.15) is 0 Å². The van der Waals surface area contributed by atoms with Gasteiger partial charge in [-0.1, -0.05) is 6.07 Å². The summed E-state index contributed by atoms with van der Waals surface area (Å²) in [5, 5.41) is 20.0. The molecular weight excluding hydrogens is 266 g/mol. The number of aromatic carboxylic acids is 1. The Balaban J connectivity index is 2.19.